The monoisotopic (exact) mass is 551 g/mol. The SMILES string of the molecule is COCCN1C(=O)C(=O)/C(=C(/O)c2cc(Cl)c(OC)cc2OC)C1c1ccc(OCc2ccccc2C)cc1. The van der Waals surface area contributed by atoms with Gasteiger partial charge in [-0.1, -0.05) is 48.0 Å². The Morgan fingerprint density at radius 1 is 0.974 bits per heavy atom. The maximum absolute atomic E-state index is 13.3. The number of aryl methyl sites for hydroxylation is 1. The number of rotatable bonds is 10. The summed E-state index contributed by atoms with van der Waals surface area (Å²) in [5, 5.41) is 11.6. The molecule has 3 aromatic carbocycles. The van der Waals surface area contributed by atoms with Crippen LogP contribution in [-0.4, -0.2) is 56.2 Å². The van der Waals surface area contributed by atoms with E-state index in [1.807, 2.05) is 31.2 Å². The third-order valence-electron chi connectivity index (χ3n) is 6.66. The van der Waals surface area contributed by atoms with E-state index >= 15 is 0 Å². The lowest BCUT2D eigenvalue weighted by Crippen LogP contribution is -2.32. The number of hydrogen-bond acceptors (Lipinski definition) is 7. The van der Waals surface area contributed by atoms with Gasteiger partial charge in [0.2, 0.25) is 0 Å². The summed E-state index contributed by atoms with van der Waals surface area (Å²) in [7, 11) is 4.39. The number of nitrogens with zero attached hydrogens (tertiary/aromatic N) is 1. The average Bonchev–Trinajstić information content (AvgIpc) is 3.20. The summed E-state index contributed by atoms with van der Waals surface area (Å²) in [6.45, 7) is 2.78. The molecule has 1 amide bonds. The van der Waals surface area contributed by atoms with E-state index in [1.54, 1.807) is 24.3 Å². The van der Waals surface area contributed by atoms with Gasteiger partial charge in [0.25, 0.3) is 11.7 Å². The normalized spacial score (nSPS) is 16.4. The summed E-state index contributed by atoms with van der Waals surface area (Å²) in [5.74, 6) is -0.766. The minimum Gasteiger partial charge on any atom is -0.507 e. The van der Waals surface area contributed by atoms with Gasteiger partial charge in [0, 0.05) is 19.7 Å². The standard InChI is InChI=1S/C30H30ClNO7/c1-18-7-5-6-8-20(18)17-39-21-11-9-19(10-12-21)27-26(29(34)30(35)32(27)13-14-36-2)28(33)22-15-23(31)25(38-4)16-24(22)37-3/h5-12,15-16,27,33H,13-14,17H2,1-4H3/b28-26+. The first kappa shape index (κ1) is 28.0. The zero-order chi connectivity index (χ0) is 28.1. The van der Waals surface area contributed by atoms with Gasteiger partial charge in [-0.3, -0.25) is 9.59 Å². The molecule has 3 aromatic rings. The van der Waals surface area contributed by atoms with Crippen LogP contribution in [0, 0.1) is 6.92 Å². The molecule has 39 heavy (non-hydrogen) atoms. The van der Waals surface area contributed by atoms with Gasteiger partial charge < -0.3 is 29.0 Å². The summed E-state index contributed by atoms with van der Waals surface area (Å²) in [4.78, 5) is 27.8. The number of carbonyl (C=O) groups is 2. The Balaban J connectivity index is 1.74. The van der Waals surface area contributed by atoms with Crippen LogP contribution in [0.5, 0.6) is 17.2 Å². The molecule has 8 nitrogen and oxygen atoms in total. The van der Waals surface area contributed by atoms with Gasteiger partial charge in [-0.25, -0.2) is 0 Å². The van der Waals surface area contributed by atoms with Crippen molar-refractivity contribution in [3.8, 4) is 17.2 Å². The molecule has 204 valence electrons. The quantitative estimate of drug-likeness (QED) is 0.207. The van der Waals surface area contributed by atoms with E-state index in [4.69, 9.17) is 30.5 Å². The van der Waals surface area contributed by atoms with Gasteiger partial charge in [-0.15, -0.1) is 0 Å². The van der Waals surface area contributed by atoms with Gasteiger partial charge in [-0.05, 0) is 41.8 Å². The van der Waals surface area contributed by atoms with Gasteiger partial charge in [0.05, 0.1) is 43.0 Å². The number of methoxy groups -OCH3 is 3. The molecule has 0 aliphatic carbocycles. The second-order valence-corrected chi connectivity index (χ2v) is 9.36. The summed E-state index contributed by atoms with van der Waals surface area (Å²) >= 11 is 6.32. The summed E-state index contributed by atoms with van der Waals surface area (Å²) in [5.41, 5.74) is 2.90. The van der Waals surface area contributed by atoms with Crippen molar-refractivity contribution >= 4 is 29.1 Å². The first-order valence-corrected chi connectivity index (χ1v) is 12.6. The molecular weight excluding hydrogens is 522 g/mol. The highest BCUT2D eigenvalue weighted by molar-refractivity contribution is 6.46. The molecule has 1 saturated heterocycles. The average molecular weight is 552 g/mol. The van der Waals surface area contributed by atoms with Crippen molar-refractivity contribution < 1.29 is 33.6 Å². The molecule has 1 aliphatic rings. The van der Waals surface area contributed by atoms with Crippen LogP contribution >= 0.6 is 11.6 Å². The van der Waals surface area contributed by atoms with E-state index in [9.17, 15) is 14.7 Å². The lowest BCUT2D eigenvalue weighted by Gasteiger charge is -2.25. The molecule has 4 rings (SSSR count). The van der Waals surface area contributed by atoms with Crippen LogP contribution in [0.15, 0.2) is 66.2 Å². The van der Waals surface area contributed by atoms with Gasteiger partial charge in [0.1, 0.15) is 29.6 Å². The smallest absolute Gasteiger partial charge is 0.295 e. The number of hydrogen-bond donors (Lipinski definition) is 1. The third-order valence-corrected chi connectivity index (χ3v) is 6.95. The Kier molecular flexibility index (Phi) is 8.79. The van der Waals surface area contributed by atoms with Gasteiger partial charge >= 0.3 is 0 Å². The van der Waals surface area contributed by atoms with Crippen LogP contribution in [0.3, 0.4) is 0 Å². The molecule has 0 aromatic heterocycles. The third kappa shape index (κ3) is 5.72. The Morgan fingerprint density at radius 2 is 1.67 bits per heavy atom. The topological polar surface area (TPSA) is 94.5 Å². The lowest BCUT2D eigenvalue weighted by molar-refractivity contribution is -0.140. The second kappa shape index (κ2) is 12.2. The van der Waals surface area contributed by atoms with Crippen molar-refractivity contribution in [3.05, 3.63) is 93.5 Å². The number of benzene rings is 3. The Bertz CT molecular complexity index is 1400. The number of amides is 1. The molecule has 1 fully saturated rings. The zero-order valence-electron chi connectivity index (χ0n) is 22.2. The maximum Gasteiger partial charge on any atom is 0.295 e. The number of halogens is 1. The second-order valence-electron chi connectivity index (χ2n) is 8.96. The molecular formula is C30H30ClNO7. The Hall–Kier alpha value is -4.01. The molecule has 0 saturated carbocycles. The fourth-order valence-electron chi connectivity index (χ4n) is 4.52. The molecule has 0 radical (unpaired) electrons. The summed E-state index contributed by atoms with van der Waals surface area (Å²) in [6, 6.07) is 17.1. The first-order chi connectivity index (χ1) is 18.8. The van der Waals surface area contributed by atoms with Crippen LogP contribution in [0.1, 0.15) is 28.3 Å². The van der Waals surface area contributed by atoms with Crippen LogP contribution in [-0.2, 0) is 20.9 Å². The number of likely N-dealkylation sites (tertiary alicyclic amines) is 1. The Morgan fingerprint density at radius 3 is 2.31 bits per heavy atom. The predicted octanol–water partition coefficient (Wildman–Crippen LogP) is 5.31. The first-order valence-electron chi connectivity index (χ1n) is 12.3. The molecule has 1 heterocycles. The molecule has 0 bridgehead atoms. The van der Waals surface area contributed by atoms with E-state index in [0.29, 0.717) is 23.7 Å². The van der Waals surface area contributed by atoms with E-state index in [2.05, 4.69) is 0 Å². The van der Waals surface area contributed by atoms with Crippen LogP contribution in [0.4, 0.5) is 0 Å². The highest BCUT2D eigenvalue weighted by Gasteiger charge is 2.46. The molecule has 1 aliphatic heterocycles. The predicted molar refractivity (Wildman–Crippen MR) is 147 cm³/mol. The van der Waals surface area contributed by atoms with Gasteiger partial charge in [-0.2, -0.15) is 0 Å². The number of carbonyl (C=O) groups excluding carboxylic acids is 2. The zero-order valence-corrected chi connectivity index (χ0v) is 22.9. The number of ketones is 1. The van der Waals surface area contributed by atoms with E-state index in [0.717, 1.165) is 11.1 Å². The minimum atomic E-state index is -0.865. The van der Waals surface area contributed by atoms with E-state index in [1.165, 1.54) is 38.4 Å². The molecule has 1 unspecified atom stereocenters. The minimum absolute atomic E-state index is 0.0794. The highest BCUT2D eigenvalue weighted by Crippen LogP contribution is 2.43. The van der Waals surface area contributed by atoms with Crippen LogP contribution in [0.2, 0.25) is 5.02 Å². The molecule has 1 atom stereocenters. The van der Waals surface area contributed by atoms with Crippen LogP contribution < -0.4 is 14.2 Å². The number of aliphatic hydroxyl groups excluding tert-OH is 1. The molecule has 0 spiro atoms. The fourth-order valence-corrected chi connectivity index (χ4v) is 4.76. The van der Waals surface area contributed by atoms with E-state index in [-0.39, 0.29) is 35.1 Å². The number of aliphatic hydroxyl groups is 1. The van der Waals surface area contributed by atoms with Gasteiger partial charge in [0.15, 0.2) is 0 Å². The van der Waals surface area contributed by atoms with E-state index < -0.39 is 23.5 Å². The maximum atomic E-state index is 13.3. The highest BCUT2D eigenvalue weighted by atomic mass is 35.5. The largest absolute Gasteiger partial charge is 0.507 e. The fraction of sp³-hybridized carbons (Fsp3) is 0.267. The van der Waals surface area contributed by atoms with Crippen molar-refractivity contribution in [2.24, 2.45) is 0 Å². The summed E-state index contributed by atoms with van der Waals surface area (Å²) < 4.78 is 21.8. The molecule has 1 N–H and O–H groups in total. The van der Waals surface area contributed by atoms with Crippen molar-refractivity contribution in [1.29, 1.82) is 0 Å². The van der Waals surface area contributed by atoms with Crippen molar-refractivity contribution in [1.82, 2.24) is 4.90 Å². The van der Waals surface area contributed by atoms with Crippen LogP contribution in [0.25, 0.3) is 5.76 Å². The Labute approximate surface area is 232 Å². The lowest BCUT2D eigenvalue weighted by atomic mass is 9.95. The van der Waals surface area contributed by atoms with Crippen molar-refractivity contribution in [3.63, 3.8) is 0 Å². The summed E-state index contributed by atoms with van der Waals surface area (Å²) in [6.07, 6.45) is 0. The van der Waals surface area contributed by atoms with Crippen molar-refractivity contribution in [2.75, 3.05) is 34.5 Å². The number of ether oxygens (including phenoxy) is 4. The molecule has 9 heteroatoms. The number of Topliss-reactive ketones (excluding diaryl/α,β-unsaturated/α-hetero) is 1. The van der Waals surface area contributed by atoms with Crippen molar-refractivity contribution in [2.45, 2.75) is 19.6 Å².